The van der Waals surface area contributed by atoms with Crippen LogP contribution in [0, 0.1) is 20.8 Å². The lowest BCUT2D eigenvalue weighted by Crippen LogP contribution is -2.30. The molecule has 0 aromatic heterocycles. The number of carbonyl (C=O) groups excluding carboxylic acids is 2. The second-order valence-electron chi connectivity index (χ2n) is 7.92. The van der Waals surface area contributed by atoms with Crippen molar-refractivity contribution < 1.29 is 19.8 Å². The normalized spacial score (nSPS) is 17.9. The lowest BCUT2D eigenvalue weighted by Gasteiger charge is -2.27. The molecule has 156 valence electrons. The SMILES string of the molecule is Cc1ccc(/C(O)=C2\C(=O)C(=O)N(c3ccc(C)cc3C)C2c2ccc(O)cc2)cc1. The third-order valence-corrected chi connectivity index (χ3v) is 5.59. The average molecular weight is 413 g/mol. The summed E-state index contributed by atoms with van der Waals surface area (Å²) in [4.78, 5) is 27.8. The molecule has 5 nitrogen and oxygen atoms in total. The molecular weight excluding hydrogens is 390 g/mol. The van der Waals surface area contributed by atoms with Crippen molar-refractivity contribution in [1.29, 1.82) is 0 Å². The topological polar surface area (TPSA) is 77.8 Å². The number of ketones is 1. The Kier molecular flexibility index (Phi) is 5.11. The molecule has 0 bridgehead atoms. The molecule has 1 amide bonds. The van der Waals surface area contributed by atoms with Gasteiger partial charge in [0.25, 0.3) is 11.7 Å². The van der Waals surface area contributed by atoms with E-state index in [0.29, 0.717) is 16.8 Å². The van der Waals surface area contributed by atoms with Crippen LogP contribution in [0.5, 0.6) is 5.75 Å². The van der Waals surface area contributed by atoms with E-state index in [1.165, 1.54) is 17.0 Å². The minimum Gasteiger partial charge on any atom is -0.508 e. The average Bonchev–Trinajstić information content (AvgIpc) is 3.00. The van der Waals surface area contributed by atoms with Gasteiger partial charge in [-0.2, -0.15) is 0 Å². The van der Waals surface area contributed by atoms with Gasteiger partial charge in [0.15, 0.2) is 0 Å². The molecule has 1 fully saturated rings. The first kappa shape index (κ1) is 20.4. The Morgan fingerprint density at radius 3 is 2.06 bits per heavy atom. The smallest absolute Gasteiger partial charge is 0.300 e. The summed E-state index contributed by atoms with van der Waals surface area (Å²) in [5.74, 6) is -1.58. The van der Waals surface area contributed by atoms with Crippen molar-refractivity contribution in [2.75, 3.05) is 4.90 Å². The Morgan fingerprint density at radius 2 is 1.45 bits per heavy atom. The number of hydrogen-bond acceptors (Lipinski definition) is 4. The second-order valence-corrected chi connectivity index (χ2v) is 7.92. The van der Waals surface area contributed by atoms with Crippen molar-refractivity contribution >= 4 is 23.1 Å². The maximum atomic E-state index is 13.2. The number of aliphatic hydroxyl groups is 1. The second kappa shape index (κ2) is 7.76. The molecule has 1 saturated heterocycles. The summed E-state index contributed by atoms with van der Waals surface area (Å²) in [5.41, 5.74) is 4.62. The molecule has 5 heteroatoms. The highest BCUT2D eigenvalue weighted by Crippen LogP contribution is 2.43. The number of aromatic hydroxyl groups is 1. The minimum absolute atomic E-state index is 0.0273. The Balaban J connectivity index is 1.96. The molecule has 0 aliphatic carbocycles. The number of phenols is 1. The summed E-state index contributed by atoms with van der Waals surface area (Å²) in [7, 11) is 0. The van der Waals surface area contributed by atoms with Gasteiger partial charge in [0.1, 0.15) is 11.5 Å². The summed E-state index contributed by atoms with van der Waals surface area (Å²) in [6, 6.07) is 18.3. The summed E-state index contributed by atoms with van der Waals surface area (Å²) in [5, 5.41) is 20.8. The van der Waals surface area contributed by atoms with E-state index in [1.54, 1.807) is 24.3 Å². The van der Waals surface area contributed by atoms with Crippen LogP contribution in [0.2, 0.25) is 0 Å². The van der Waals surface area contributed by atoms with E-state index in [-0.39, 0.29) is 17.1 Å². The first-order valence-corrected chi connectivity index (χ1v) is 10.0. The van der Waals surface area contributed by atoms with Crippen molar-refractivity contribution in [3.05, 3.63) is 100 Å². The monoisotopic (exact) mass is 413 g/mol. The molecule has 1 atom stereocenters. The molecule has 2 N–H and O–H groups in total. The quantitative estimate of drug-likeness (QED) is 0.362. The number of aliphatic hydroxyl groups excluding tert-OH is 1. The number of rotatable bonds is 3. The van der Waals surface area contributed by atoms with E-state index < -0.39 is 17.7 Å². The number of phenolic OH excluding ortho intramolecular Hbond substituents is 1. The Hall–Kier alpha value is -3.86. The lowest BCUT2D eigenvalue weighted by atomic mass is 9.94. The van der Waals surface area contributed by atoms with Crippen LogP contribution in [0.3, 0.4) is 0 Å². The van der Waals surface area contributed by atoms with Crippen molar-refractivity contribution in [1.82, 2.24) is 0 Å². The number of hydrogen-bond donors (Lipinski definition) is 2. The fourth-order valence-electron chi connectivity index (χ4n) is 4.00. The first-order valence-electron chi connectivity index (χ1n) is 10.0. The number of nitrogens with zero attached hydrogens (tertiary/aromatic N) is 1. The van der Waals surface area contributed by atoms with E-state index >= 15 is 0 Å². The van der Waals surface area contributed by atoms with Gasteiger partial charge in [0, 0.05) is 11.3 Å². The van der Waals surface area contributed by atoms with Gasteiger partial charge in [-0.25, -0.2) is 0 Å². The van der Waals surface area contributed by atoms with Gasteiger partial charge in [0.2, 0.25) is 0 Å². The number of Topliss-reactive ketones (excluding diaryl/α,β-unsaturated/α-hetero) is 1. The largest absolute Gasteiger partial charge is 0.508 e. The van der Waals surface area contributed by atoms with E-state index in [4.69, 9.17) is 0 Å². The van der Waals surface area contributed by atoms with Gasteiger partial charge in [-0.3, -0.25) is 14.5 Å². The van der Waals surface area contributed by atoms with E-state index in [0.717, 1.165) is 16.7 Å². The third kappa shape index (κ3) is 3.59. The van der Waals surface area contributed by atoms with E-state index in [9.17, 15) is 19.8 Å². The molecule has 31 heavy (non-hydrogen) atoms. The Labute approximate surface area is 180 Å². The van der Waals surface area contributed by atoms with Gasteiger partial charge in [-0.1, -0.05) is 59.7 Å². The Bertz CT molecular complexity index is 1210. The highest BCUT2D eigenvalue weighted by atomic mass is 16.3. The van der Waals surface area contributed by atoms with Crippen LogP contribution in [0.25, 0.3) is 5.76 Å². The highest BCUT2D eigenvalue weighted by molar-refractivity contribution is 6.51. The van der Waals surface area contributed by atoms with Crippen LogP contribution in [-0.4, -0.2) is 21.9 Å². The molecule has 0 spiro atoms. The zero-order valence-electron chi connectivity index (χ0n) is 17.6. The van der Waals surface area contributed by atoms with Crippen LogP contribution < -0.4 is 4.90 Å². The molecular formula is C26H23NO4. The van der Waals surface area contributed by atoms with Gasteiger partial charge in [0.05, 0.1) is 11.6 Å². The molecule has 0 saturated carbocycles. The maximum Gasteiger partial charge on any atom is 0.300 e. The molecule has 1 aliphatic rings. The number of benzene rings is 3. The predicted octanol–water partition coefficient (Wildman–Crippen LogP) is 4.94. The van der Waals surface area contributed by atoms with Crippen LogP contribution in [0.1, 0.15) is 33.9 Å². The van der Waals surface area contributed by atoms with Crippen molar-refractivity contribution in [3.63, 3.8) is 0 Å². The molecule has 0 radical (unpaired) electrons. The van der Waals surface area contributed by atoms with E-state index in [2.05, 4.69) is 0 Å². The number of anilines is 1. The molecule has 1 unspecified atom stereocenters. The van der Waals surface area contributed by atoms with Crippen LogP contribution in [0.4, 0.5) is 5.69 Å². The molecule has 4 rings (SSSR count). The fourth-order valence-corrected chi connectivity index (χ4v) is 4.00. The lowest BCUT2D eigenvalue weighted by molar-refractivity contribution is -0.132. The highest BCUT2D eigenvalue weighted by Gasteiger charge is 2.47. The molecule has 3 aromatic carbocycles. The zero-order valence-corrected chi connectivity index (χ0v) is 17.6. The molecule has 1 aliphatic heterocycles. The van der Waals surface area contributed by atoms with Crippen molar-refractivity contribution in [2.45, 2.75) is 26.8 Å². The van der Waals surface area contributed by atoms with Gasteiger partial charge in [-0.05, 0) is 50.1 Å². The first-order chi connectivity index (χ1) is 14.8. The standard InChI is InChI=1S/C26H23NO4/c1-15-4-7-19(8-5-15)24(29)22-23(18-9-11-20(28)12-10-18)27(26(31)25(22)30)21-13-6-16(2)14-17(21)3/h4-14,23,28-29H,1-3H3/b24-22+. The maximum absolute atomic E-state index is 13.2. The summed E-state index contributed by atoms with van der Waals surface area (Å²) in [6.45, 7) is 5.77. The van der Waals surface area contributed by atoms with Crippen LogP contribution in [-0.2, 0) is 9.59 Å². The minimum atomic E-state index is -0.816. The van der Waals surface area contributed by atoms with Gasteiger partial charge in [-0.15, -0.1) is 0 Å². The number of amides is 1. The molecule has 1 heterocycles. The summed E-state index contributed by atoms with van der Waals surface area (Å²) >= 11 is 0. The number of aryl methyl sites for hydroxylation is 3. The third-order valence-electron chi connectivity index (χ3n) is 5.59. The van der Waals surface area contributed by atoms with Crippen molar-refractivity contribution in [2.24, 2.45) is 0 Å². The van der Waals surface area contributed by atoms with Crippen LogP contribution >= 0.6 is 0 Å². The van der Waals surface area contributed by atoms with E-state index in [1.807, 2.05) is 51.1 Å². The summed E-state index contributed by atoms with van der Waals surface area (Å²) < 4.78 is 0. The van der Waals surface area contributed by atoms with Crippen LogP contribution in [0.15, 0.2) is 72.3 Å². The zero-order chi connectivity index (χ0) is 22.3. The van der Waals surface area contributed by atoms with Gasteiger partial charge >= 0.3 is 0 Å². The Morgan fingerprint density at radius 1 is 0.839 bits per heavy atom. The number of carbonyl (C=O) groups is 2. The predicted molar refractivity (Wildman–Crippen MR) is 120 cm³/mol. The summed E-state index contributed by atoms with van der Waals surface area (Å²) in [6.07, 6.45) is 0. The van der Waals surface area contributed by atoms with Crippen molar-refractivity contribution in [3.8, 4) is 5.75 Å². The van der Waals surface area contributed by atoms with Gasteiger partial charge < -0.3 is 10.2 Å². The molecule has 3 aromatic rings. The fraction of sp³-hybridized carbons (Fsp3) is 0.154.